The van der Waals surface area contributed by atoms with Crippen molar-refractivity contribution >= 4 is 31.3 Å². The van der Waals surface area contributed by atoms with Crippen molar-refractivity contribution in [1.82, 2.24) is 0 Å². The van der Waals surface area contributed by atoms with E-state index in [2.05, 4.69) is 0 Å². The lowest BCUT2D eigenvalue weighted by Gasteiger charge is -1.82. The van der Waals surface area contributed by atoms with E-state index in [1.165, 1.54) is 0 Å². The Labute approximate surface area is 145 Å². The van der Waals surface area contributed by atoms with Crippen molar-refractivity contribution in [1.29, 1.82) is 0 Å². The normalized spacial score (nSPS) is 10.9. The standard InChI is InChI=1S/C6H6.4H3O4P/c1-2-4-6-5-3-1;4*1-5(2,3)4/h1-6H;4*(H3,1,2,3,4). The van der Waals surface area contributed by atoms with Crippen LogP contribution in [0.2, 0.25) is 0 Å². The van der Waals surface area contributed by atoms with Crippen LogP contribution in [0.15, 0.2) is 36.4 Å². The molecule has 0 amide bonds. The van der Waals surface area contributed by atoms with E-state index in [-0.39, 0.29) is 0 Å². The minimum atomic E-state index is -4.64. The summed E-state index contributed by atoms with van der Waals surface area (Å²) in [7, 11) is -18.6. The zero-order valence-electron chi connectivity index (χ0n) is 12.3. The molecule has 1 aromatic rings. The molecule has 0 unspecified atom stereocenters. The van der Waals surface area contributed by atoms with Gasteiger partial charge in [-0.1, -0.05) is 36.4 Å². The van der Waals surface area contributed by atoms with E-state index in [1.807, 2.05) is 36.4 Å². The van der Waals surface area contributed by atoms with E-state index in [0.717, 1.165) is 0 Å². The molecule has 0 saturated carbocycles. The highest BCUT2D eigenvalue weighted by atomic mass is 31.2. The highest BCUT2D eigenvalue weighted by Crippen LogP contribution is 2.27. The van der Waals surface area contributed by atoms with Crippen molar-refractivity contribution in [3.05, 3.63) is 36.4 Å². The van der Waals surface area contributed by atoms with Crippen molar-refractivity contribution in [2.24, 2.45) is 0 Å². The largest absolute Gasteiger partial charge is 0.466 e. The first-order valence-corrected chi connectivity index (χ1v) is 11.4. The Kier molecular flexibility index (Phi) is 20.1. The van der Waals surface area contributed by atoms with Crippen molar-refractivity contribution < 1.29 is 77.0 Å². The van der Waals surface area contributed by atoms with Gasteiger partial charge in [0, 0.05) is 0 Å². The first kappa shape index (κ1) is 33.3. The molecule has 26 heavy (non-hydrogen) atoms. The average molecular weight is 470 g/mol. The van der Waals surface area contributed by atoms with E-state index < -0.39 is 31.3 Å². The van der Waals surface area contributed by atoms with Gasteiger partial charge < -0.3 is 58.7 Å². The summed E-state index contributed by atoms with van der Waals surface area (Å²) >= 11 is 0. The molecule has 0 bridgehead atoms. The summed E-state index contributed by atoms with van der Waals surface area (Å²) in [5.74, 6) is 0. The third-order valence-corrected chi connectivity index (χ3v) is 0.667. The van der Waals surface area contributed by atoms with Crippen LogP contribution in [-0.4, -0.2) is 58.7 Å². The van der Waals surface area contributed by atoms with Gasteiger partial charge in [-0.05, 0) is 0 Å². The summed E-state index contributed by atoms with van der Waals surface area (Å²) < 4.78 is 35.5. The molecule has 0 fully saturated rings. The molecule has 158 valence electrons. The molecule has 0 radical (unpaired) electrons. The lowest BCUT2D eigenvalue weighted by molar-refractivity contribution is 0.272. The lowest BCUT2D eigenvalue weighted by atomic mass is 10.4. The van der Waals surface area contributed by atoms with Gasteiger partial charge in [-0.3, -0.25) is 0 Å². The summed E-state index contributed by atoms with van der Waals surface area (Å²) in [6.45, 7) is 0. The Balaban J connectivity index is -0.000000117. The van der Waals surface area contributed by atoms with Gasteiger partial charge in [0.25, 0.3) is 0 Å². The third kappa shape index (κ3) is 379. The molecule has 0 aliphatic carbocycles. The van der Waals surface area contributed by atoms with Crippen LogP contribution in [0.25, 0.3) is 0 Å². The molecule has 0 aromatic heterocycles. The Morgan fingerprint density at radius 2 is 0.346 bits per heavy atom. The summed E-state index contributed by atoms with van der Waals surface area (Å²) in [6, 6.07) is 12.0. The van der Waals surface area contributed by atoms with Gasteiger partial charge >= 0.3 is 31.3 Å². The molecule has 12 N–H and O–H groups in total. The van der Waals surface area contributed by atoms with Crippen LogP contribution >= 0.6 is 31.3 Å². The fourth-order valence-corrected chi connectivity index (χ4v) is 0.385. The van der Waals surface area contributed by atoms with Gasteiger partial charge in [0.15, 0.2) is 0 Å². The second-order valence-electron chi connectivity index (χ2n) is 3.21. The Bertz CT molecular complexity index is 467. The monoisotopic (exact) mass is 470 g/mol. The van der Waals surface area contributed by atoms with Gasteiger partial charge in [0.05, 0.1) is 0 Å². The SMILES string of the molecule is O=P(O)(O)O.O=P(O)(O)O.O=P(O)(O)O.O=P(O)(O)O.c1ccccc1. The second-order valence-corrected chi connectivity index (χ2v) is 7.31. The number of rotatable bonds is 0. The van der Waals surface area contributed by atoms with Crippen LogP contribution in [0.3, 0.4) is 0 Å². The number of hydrogen-bond donors (Lipinski definition) is 12. The zero-order valence-corrected chi connectivity index (χ0v) is 15.8. The predicted molar refractivity (Wildman–Crippen MR) is 83.5 cm³/mol. The molecule has 1 rings (SSSR count). The number of phosphoric acid groups is 4. The highest BCUT2D eigenvalue weighted by molar-refractivity contribution is 7.45. The quantitative estimate of drug-likeness (QED) is 0.182. The summed E-state index contributed by atoms with van der Waals surface area (Å²) in [5.41, 5.74) is 0. The molecule has 0 aliphatic heterocycles. The van der Waals surface area contributed by atoms with E-state index in [9.17, 15) is 0 Å². The average Bonchev–Trinajstić information content (AvgIpc) is 2.21. The van der Waals surface area contributed by atoms with Crippen molar-refractivity contribution in [3.8, 4) is 0 Å². The van der Waals surface area contributed by atoms with Crippen molar-refractivity contribution in [2.75, 3.05) is 0 Å². The maximum absolute atomic E-state index is 8.88. The van der Waals surface area contributed by atoms with Crippen LogP contribution < -0.4 is 0 Å². The van der Waals surface area contributed by atoms with Gasteiger partial charge in [-0.25, -0.2) is 18.3 Å². The Morgan fingerprint density at radius 1 is 0.308 bits per heavy atom. The molecule has 0 spiro atoms. The second kappa shape index (κ2) is 15.7. The minimum absolute atomic E-state index is 2.00. The van der Waals surface area contributed by atoms with Crippen LogP contribution in [0.5, 0.6) is 0 Å². The van der Waals surface area contributed by atoms with E-state index >= 15 is 0 Å². The predicted octanol–water partition coefficient (Wildman–Crippen LogP) is -2.03. The lowest BCUT2D eigenvalue weighted by Crippen LogP contribution is -1.66. The molecular weight excluding hydrogens is 452 g/mol. The molecule has 0 atom stereocenters. The molecule has 0 aliphatic rings. The highest BCUT2D eigenvalue weighted by Gasteiger charge is 2.01. The molecular formula is C6H18O16P4. The van der Waals surface area contributed by atoms with Gasteiger partial charge in [0.1, 0.15) is 0 Å². The van der Waals surface area contributed by atoms with Crippen LogP contribution in [-0.2, 0) is 18.3 Å². The first-order valence-electron chi connectivity index (χ1n) is 5.13. The summed E-state index contributed by atoms with van der Waals surface area (Å²) in [4.78, 5) is 86.2. The first-order chi connectivity index (χ1) is 11.0. The Hall–Kier alpha value is -0.340. The number of hydrogen-bond acceptors (Lipinski definition) is 4. The van der Waals surface area contributed by atoms with Crippen molar-refractivity contribution in [2.45, 2.75) is 0 Å². The molecule has 1 aromatic carbocycles. The van der Waals surface area contributed by atoms with Gasteiger partial charge in [-0.15, -0.1) is 0 Å². The maximum Gasteiger partial charge on any atom is 0.466 e. The fourth-order valence-electron chi connectivity index (χ4n) is 0.385. The minimum Gasteiger partial charge on any atom is -0.303 e. The van der Waals surface area contributed by atoms with Crippen LogP contribution in [0, 0.1) is 0 Å². The van der Waals surface area contributed by atoms with Gasteiger partial charge in [-0.2, -0.15) is 0 Å². The molecule has 0 heterocycles. The fraction of sp³-hybridized carbons (Fsp3) is 0. The molecule has 0 saturated heterocycles. The van der Waals surface area contributed by atoms with Crippen LogP contribution in [0.4, 0.5) is 0 Å². The summed E-state index contributed by atoms with van der Waals surface area (Å²) in [5, 5.41) is 0. The smallest absolute Gasteiger partial charge is 0.303 e. The van der Waals surface area contributed by atoms with E-state index in [0.29, 0.717) is 0 Å². The van der Waals surface area contributed by atoms with Gasteiger partial charge in [0.2, 0.25) is 0 Å². The Morgan fingerprint density at radius 3 is 0.385 bits per heavy atom. The zero-order chi connectivity index (χ0) is 22.2. The molecule has 20 heteroatoms. The van der Waals surface area contributed by atoms with Crippen molar-refractivity contribution in [3.63, 3.8) is 0 Å². The number of benzene rings is 1. The third-order valence-electron chi connectivity index (χ3n) is 0.667. The topological polar surface area (TPSA) is 311 Å². The summed E-state index contributed by atoms with van der Waals surface area (Å²) in [6.07, 6.45) is 0. The van der Waals surface area contributed by atoms with E-state index in [1.54, 1.807) is 0 Å². The molecule has 16 nitrogen and oxygen atoms in total. The maximum atomic E-state index is 8.88. The van der Waals surface area contributed by atoms with Crippen LogP contribution in [0.1, 0.15) is 0 Å². The van der Waals surface area contributed by atoms with E-state index in [4.69, 9.17) is 77.0 Å².